The van der Waals surface area contributed by atoms with Crippen molar-refractivity contribution >= 4 is 23.6 Å². The van der Waals surface area contributed by atoms with Crippen LogP contribution in [0.3, 0.4) is 0 Å². The molecule has 1 aromatic heterocycles. The van der Waals surface area contributed by atoms with E-state index in [0.717, 1.165) is 36.5 Å². The number of anilines is 2. The van der Waals surface area contributed by atoms with Gasteiger partial charge in [-0.05, 0) is 18.4 Å². The van der Waals surface area contributed by atoms with Gasteiger partial charge in [0.15, 0.2) is 23.2 Å². The van der Waals surface area contributed by atoms with Crippen molar-refractivity contribution in [3.63, 3.8) is 0 Å². The molecule has 0 saturated carbocycles. The Morgan fingerprint density at radius 2 is 1.94 bits per heavy atom. The highest BCUT2D eigenvalue weighted by Crippen LogP contribution is 2.31. The quantitative estimate of drug-likeness (QED) is 0.482. The predicted molar refractivity (Wildman–Crippen MR) is 116 cm³/mol. The highest BCUT2D eigenvalue weighted by Gasteiger charge is 2.28. The number of ether oxygens (including phenoxy) is 1. The van der Waals surface area contributed by atoms with Gasteiger partial charge in [-0.1, -0.05) is 11.9 Å². The van der Waals surface area contributed by atoms with Gasteiger partial charge < -0.3 is 15.0 Å². The van der Waals surface area contributed by atoms with Crippen LogP contribution in [0.2, 0.25) is 0 Å². The SMILES string of the molecule is CSN1CCc2nc(N3CCC(Oc4ccc(F)cc4F)CC3)c(NCC(F)F)nc2C1. The molecule has 32 heavy (non-hydrogen) atoms. The minimum Gasteiger partial charge on any atom is -0.487 e. The van der Waals surface area contributed by atoms with Gasteiger partial charge >= 0.3 is 0 Å². The molecule has 2 aliphatic rings. The summed E-state index contributed by atoms with van der Waals surface area (Å²) in [4.78, 5) is 11.4. The first kappa shape index (κ1) is 22.9. The summed E-state index contributed by atoms with van der Waals surface area (Å²) in [6.07, 6.45) is 1.17. The van der Waals surface area contributed by atoms with Crippen molar-refractivity contribution in [3.05, 3.63) is 41.2 Å². The van der Waals surface area contributed by atoms with Crippen LogP contribution in [0.1, 0.15) is 24.2 Å². The number of fused-ring (bicyclic) bond motifs is 1. The fourth-order valence-electron chi connectivity index (χ4n) is 3.90. The average Bonchev–Trinajstić information content (AvgIpc) is 2.79. The standard InChI is InChI=1S/C21H25F4N5OS/c1-32-30-9-6-16-17(12-30)27-20(26-11-19(24)25)21(28-16)29-7-4-14(5-8-29)31-18-3-2-13(22)10-15(18)23/h2-3,10,14,19H,4-9,11-12H2,1H3,(H,26,27). The van der Waals surface area contributed by atoms with Crippen molar-refractivity contribution in [2.75, 3.05) is 42.7 Å². The second kappa shape index (κ2) is 10.1. The molecule has 0 amide bonds. The smallest absolute Gasteiger partial charge is 0.255 e. The lowest BCUT2D eigenvalue weighted by Crippen LogP contribution is -2.40. The summed E-state index contributed by atoms with van der Waals surface area (Å²) in [7, 11) is 0. The number of alkyl halides is 2. The Balaban J connectivity index is 1.47. The maximum absolute atomic E-state index is 13.9. The van der Waals surface area contributed by atoms with E-state index in [1.54, 1.807) is 11.9 Å². The molecule has 174 valence electrons. The summed E-state index contributed by atoms with van der Waals surface area (Å²) in [5.41, 5.74) is 1.69. The Kier molecular flexibility index (Phi) is 7.24. The lowest BCUT2D eigenvalue weighted by atomic mass is 10.1. The van der Waals surface area contributed by atoms with Gasteiger partial charge in [0.05, 0.1) is 24.5 Å². The molecule has 1 N–H and O–H groups in total. The van der Waals surface area contributed by atoms with Crippen molar-refractivity contribution in [1.82, 2.24) is 14.3 Å². The van der Waals surface area contributed by atoms with Crippen LogP contribution in [0.5, 0.6) is 5.75 Å². The molecule has 11 heteroatoms. The van der Waals surface area contributed by atoms with Gasteiger partial charge in [-0.3, -0.25) is 0 Å². The number of rotatable bonds is 7. The van der Waals surface area contributed by atoms with E-state index in [9.17, 15) is 17.6 Å². The number of piperidine rings is 1. The van der Waals surface area contributed by atoms with Crippen molar-refractivity contribution in [2.24, 2.45) is 0 Å². The van der Waals surface area contributed by atoms with E-state index in [-0.39, 0.29) is 11.9 Å². The van der Waals surface area contributed by atoms with Crippen LogP contribution in [0, 0.1) is 11.6 Å². The first-order valence-electron chi connectivity index (χ1n) is 10.5. The van der Waals surface area contributed by atoms with Gasteiger partial charge in [0.2, 0.25) is 0 Å². The zero-order valence-corrected chi connectivity index (χ0v) is 18.5. The normalized spacial score (nSPS) is 17.5. The fourth-order valence-corrected chi connectivity index (χ4v) is 4.43. The summed E-state index contributed by atoms with van der Waals surface area (Å²) in [6, 6.07) is 3.25. The molecule has 0 bridgehead atoms. The summed E-state index contributed by atoms with van der Waals surface area (Å²) in [6.45, 7) is 2.08. The van der Waals surface area contributed by atoms with Gasteiger partial charge in [0.1, 0.15) is 11.9 Å². The first-order valence-corrected chi connectivity index (χ1v) is 11.7. The van der Waals surface area contributed by atoms with E-state index in [0.29, 0.717) is 44.1 Å². The Morgan fingerprint density at radius 1 is 1.16 bits per heavy atom. The Labute approximate surface area is 188 Å². The third-order valence-electron chi connectivity index (χ3n) is 5.57. The van der Waals surface area contributed by atoms with Crippen LogP contribution < -0.4 is 15.0 Å². The molecule has 0 aliphatic carbocycles. The number of nitrogens with one attached hydrogen (secondary N) is 1. The lowest BCUT2D eigenvalue weighted by Gasteiger charge is -2.35. The molecule has 0 radical (unpaired) electrons. The maximum Gasteiger partial charge on any atom is 0.255 e. The molecule has 1 aromatic carbocycles. The molecule has 2 aliphatic heterocycles. The Hall–Kier alpha value is -2.27. The highest BCUT2D eigenvalue weighted by atomic mass is 32.2. The number of aromatic nitrogens is 2. The third kappa shape index (κ3) is 5.37. The van der Waals surface area contributed by atoms with Crippen LogP contribution in [0.4, 0.5) is 29.2 Å². The molecule has 0 spiro atoms. The summed E-state index contributed by atoms with van der Waals surface area (Å²) in [5.74, 6) is -0.439. The highest BCUT2D eigenvalue weighted by molar-refractivity contribution is 7.96. The van der Waals surface area contributed by atoms with Crippen LogP contribution in [0.25, 0.3) is 0 Å². The van der Waals surface area contributed by atoms with Gasteiger partial charge in [0.25, 0.3) is 6.43 Å². The molecular weight excluding hydrogens is 446 g/mol. The van der Waals surface area contributed by atoms with Crippen molar-refractivity contribution in [2.45, 2.75) is 38.3 Å². The van der Waals surface area contributed by atoms with Crippen LogP contribution in [-0.4, -0.2) is 59.2 Å². The van der Waals surface area contributed by atoms with E-state index in [1.165, 1.54) is 6.07 Å². The van der Waals surface area contributed by atoms with E-state index in [4.69, 9.17) is 9.72 Å². The molecule has 4 rings (SSSR count). The molecule has 0 unspecified atom stereocenters. The minimum absolute atomic E-state index is 0.0241. The maximum atomic E-state index is 13.9. The second-order valence-electron chi connectivity index (χ2n) is 7.74. The van der Waals surface area contributed by atoms with Gasteiger partial charge in [-0.2, -0.15) is 0 Å². The molecule has 1 fully saturated rings. The van der Waals surface area contributed by atoms with E-state index < -0.39 is 24.6 Å². The van der Waals surface area contributed by atoms with Crippen LogP contribution in [-0.2, 0) is 13.0 Å². The third-order valence-corrected chi connectivity index (χ3v) is 6.40. The Morgan fingerprint density at radius 3 is 2.62 bits per heavy atom. The summed E-state index contributed by atoms with van der Waals surface area (Å²) in [5, 5.41) is 2.75. The van der Waals surface area contributed by atoms with Crippen molar-refractivity contribution in [3.8, 4) is 5.75 Å². The zero-order chi connectivity index (χ0) is 22.7. The number of benzene rings is 1. The summed E-state index contributed by atoms with van der Waals surface area (Å²) < 4.78 is 60.6. The number of nitrogens with zero attached hydrogens (tertiary/aromatic N) is 4. The van der Waals surface area contributed by atoms with Crippen molar-refractivity contribution in [1.29, 1.82) is 0 Å². The number of halogens is 4. The molecule has 0 atom stereocenters. The molecule has 3 heterocycles. The number of hydrogen-bond donors (Lipinski definition) is 1. The predicted octanol–water partition coefficient (Wildman–Crippen LogP) is 4.12. The average molecular weight is 472 g/mol. The zero-order valence-electron chi connectivity index (χ0n) is 17.7. The van der Waals surface area contributed by atoms with Gasteiger partial charge in [-0.15, -0.1) is 0 Å². The van der Waals surface area contributed by atoms with Crippen LogP contribution in [0.15, 0.2) is 18.2 Å². The minimum atomic E-state index is -2.51. The first-order chi connectivity index (χ1) is 15.4. The lowest BCUT2D eigenvalue weighted by molar-refractivity contribution is 0.162. The molecule has 1 saturated heterocycles. The van der Waals surface area contributed by atoms with Crippen molar-refractivity contribution < 1.29 is 22.3 Å². The summed E-state index contributed by atoms with van der Waals surface area (Å²) >= 11 is 1.62. The van der Waals surface area contributed by atoms with E-state index >= 15 is 0 Å². The Bertz CT molecular complexity index is 943. The molecule has 6 nitrogen and oxygen atoms in total. The van der Waals surface area contributed by atoms with Gasteiger partial charge in [0, 0.05) is 45.0 Å². The fraction of sp³-hybridized carbons (Fsp3) is 0.524. The number of hydrogen-bond acceptors (Lipinski definition) is 7. The largest absolute Gasteiger partial charge is 0.487 e. The van der Waals surface area contributed by atoms with E-state index in [1.807, 2.05) is 11.2 Å². The van der Waals surface area contributed by atoms with Gasteiger partial charge in [-0.25, -0.2) is 31.8 Å². The molecule has 2 aromatic rings. The van der Waals surface area contributed by atoms with Crippen LogP contribution >= 0.6 is 11.9 Å². The van der Waals surface area contributed by atoms with E-state index in [2.05, 4.69) is 14.6 Å². The molecular formula is C21H25F4N5OS. The second-order valence-corrected chi connectivity index (χ2v) is 8.62. The topological polar surface area (TPSA) is 53.5 Å². The monoisotopic (exact) mass is 471 g/mol.